The highest BCUT2D eigenvalue weighted by atomic mass is 35.5. The Hall–Kier alpha value is -2.55. The van der Waals surface area contributed by atoms with E-state index in [2.05, 4.69) is 28.7 Å². The number of sulfonamides is 1. The van der Waals surface area contributed by atoms with Crippen LogP contribution < -0.4 is 14.4 Å². The van der Waals surface area contributed by atoms with Crippen LogP contribution in [0.5, 0.6) is 5.75 Å². The number of methoxy groups -OCH3 is 1. The van der Waals surface area contributed by atoms with Crippen LogP contribution in [-0.4, -0.2) is 45.9 Å². The first kappa shape index (κ1) is 32.8. The van der Waals surface area contributed by atoms with Crippen molar-refractivity contribution in [1.82, 2.24) is 4.72 Å². The Morgan fingerprint density at radius 1 is 1.05 bits per heavy atom. The van der Waals surface area contributed by atoms with Crippen LogP contribution in [0.1, 0.15) is 74.9 Å². The fraction of sp³-hybridized carbons (Fsp3) is 0.571. The summed E-state index contributed by atoms with van der Waals surface area (Å²) in [6, 6.07) is 11.2. The molecular formula is C35H47ClN2O5S. The Labute approximate surface area is 268 Å². The number of anilines is 1. The Balaban J connectivity index is 1.58. The van der Waals surface area contributed by atoms with Crippen molar-refractivity contribution in [2.45, 2.75) is 77.8 Å². The van der Waals surface area contributed by atoms with Gasteiger partial charge in [-0.25, -0.2) is 13.1 Å². The molecule has 1 saturated carbocycles. The molecule has 9 heteroatoms. The first-order valence-electron chi connectivity index (χ1n) is 16.0. The normalized spacial score (nSPS) is 30.1. The van der Waals surface area contributed by atoms with E-state index < -0.39 is 21.2 Å². The number of carbonyl (C=O) groups is 1. The van der Waals surface area contributed by atoms with Gasteiger partial charge in [0.05, 0.1) is 17.0 Å². The molecule has 3 aliphatic rings. The second-order valence-corrected chi connectivity index (χ2v) is 15.6. The molecule has 2 bridgehead atoms. The zero-order chi connectivity index (χ0) is 31.6. The molecular weight excluding hydrogens is 596 g/mol. The molecule has 6 atom stereocenters. The molecule has 0 unspecified atom stereocenters. The van der Waals surface area contributed by atoms with Crippen LogP contribution in [0.15, 0.2) is 48.6 Å². The van der Waals surface area contributed by atoms with Gasteiger partial charge in [0.2, 0.25) is 10.0 Å². The maximum atomic E-state index is 13.6. The Kier molecular flexibility index (Phi) is 10.3. The Morgan fingerprint density at radius 3 is 2.57 bits per heavy atom. The number of nitrogens with zero attached hydrogens (tertiary/aromatic N) is 1. The number of rotatable bonds is 2. The molecule has 0 radical (unpaired) electrons. The molecule has 2 heterocycles. The average molecular weight is 643 g/mol. The summed E-state index contributed by atoms with van der Waals surface area (Å²) in [6.07, 6.45) is 8.65. The topological polar surface area (TPSA) is 84.9 Å². The van der Waals surface area contributed by atoms with Crippen LogP contribution in [-0.2, 0) is 27.8 Å². The SMILES string of the molecule is CO[C@H]1/C=C/C[C@@H](C)[C@@H](C(C)C)S(=O)(=O)NC(=O)c2ccc3c(c2)N(CCCCc2cc(Cl)ccc2CO3)C[C@H]2[C@H]1C[C@H]2C. The molecule has 0 aromatic heterocycles. The second kappa shape index (κ2) is 13.8. The minimum absolute atomic E-state index is 0.0460. The number of aryl methyl sites for hydroxylation is 1. The van der Waals surface area contributed by atoms with Crippen molar-refractivity contribution < 1.29 is 22.7 Å². The van der Waals surface area contributed by atoms with E-state index in [1.54, 1.807) is 13.2 Å². The Morgan fingerprint density at radius 2 is 1.84 bits per heavy atom. The van der Waals surface area contributed by atoms with Crippen molar-refractivity contribution in [3.8, 4) is 5.75 Å². The van der Waals surface area contributed by atoms with Crippen LogP contribution in [0.4, 0.5) is 5.69 Å². The van der Waals surface area contributed by atoms with E-state index in [0.717, 1.165) is 55.0 Å². The number of allylic oxidation sites excluding steroid dienone is 1. The number of carbonyl (C=O) groups excluding carboxylic acids is 1. The van der Waals surface area contributed by atoms with Crippen molar-refractivity contribution in [1.29, 1.82) is 0 Å². The second-order valence-electron chi connectivity index (χ2n) is 13.4. The zero-order valence-corrected chi connectivity index (χ0v) is 28.2. The lowest BCUT2D eigenvalue weighted by molar-refractivity contribution is -0.0227. The third-order valence-electron chi connectivity index (χ3n) is 9.93. The van der Waals surface area contributed by atoms with Gasteiger partial charge in [-0.1, -0.05) is 57.5 Å². The number of fused-ring (bicyclic) bond motifs is 3. The fourth-order valence-corrected chi connectivity index (χ4v) is 9.71. The van der Waals surface area contributed by atoms with Gasteiger partial charge < -0.3 is 14.4 Å². The number of hydrogen-bond acceptors (Lipinski definition) is 6. The molecule has 2 aliphatic heterocycles. The highest BCUT2D eigenvalue weighted by molar-refractivity contribution is 7.90. The quantitative estimate of drug-likeness (QED) is 0.354. The molecule has 7 nitrogen and oxygen atoms in total. The molecule has 240 valence electrons. The molecule has 44 heavy (non-hydrogen) atoms. The van der Waals surface area contributed by atoms with Gasteiger partial charge in [-0.3, -0.25) is 4.79 Å². The van der Waals surface area contributed by atoms with Crippen LogP contribution in [0, 0.1) is 29.6 Å². The number of amides is 1. The van der Waals surface area contributed by atoms with Crippen LogP contribution in [0.25, 0.3) is 0 Å². The summed E-state index contributed by atoms with van der Waals surface area (Å²) in [5.41, 5.74) is 3.40. The molecule has 2 aromatic rings. The number of benzene rings is 2. The standard InChI is InChI=1S/C35H47ClN2O5S/c1-22(2)34-23(3)9-8-11-32(42-5)29-17-24(4)30(29)20-38-16-7-6-10-25-18-28(36)14-12-27(25)21-43-33-15-13-26(19-31(33)38)35(39)37-44(34,40)41/h8,11-15,18-19,22-24,29-30,32,34H,6-7,9-10,16-17,20-21H2,1-5H3,(H,37,39)/b11-8+/t23-,24-,29-,30-,32+,34-/m1/s1. The average Bonchev–Trinajstić information content (AvgIpc) is 2.99. The largest absolute Gasteiger partial charge is 0.487 e. The van der Waals surface area contributed by atoms with Crippen molar-refractivity contribution in [2.24, 2.45) is 29.6 Å². The zero-order valence-electron chi connectivity index (χ0n) is 26.6. The third-order valence-corrected chi connectivity index (χ3v) is 12.4. The summed E-state index contributed by atoms with van der Waals surface area (Å²) in [5, 5.41) is -0.00805. The first-order valence-corrected chi connectivity index (χ1v) is 18.0. The molecule has 1 aliphatic carbocycles. The number of nitrogens with one attached hydrogen (secondary N) is 1. The summed E-state index contributed by atoms with van der Waals surface area (Å²) in [6.45, 7) is 10.00. The number of ether oxygens (including phenoxy) is 2. The molecule has 1 amide bonds. The number of halogens is 1. The molecule has 0 saturated heterocycles. The minimum atomic E-state index is -3.95. The highest BCUT2D eigenvalue weighted by Crippen LogP contribution is 2.45. The summed E-state index contributed by atoms with van der Waals surface area (Å²) >= 11 is 6.34. The third kappa shape index (κ3) is 7.13. The Bertz CT molecular complexity index is 1480. The van der Waals surface area contributed by atoms with Gasteiger partial charge in [0.25, 0.3) is 5.91 Å². The van der Waals surface area contributed by atoms with Gasteiger partial charge >= 0.3 is 0 Å². The molecule has 2 aromatic carbocycles. The lowest BCUT2D eigenvalue weighted by Gasteiger charge is -2.48. The molecule has 1 fully saturated rings. The van der Waals surface area contributed by atoms with E-state index in [1.807, 2.05) is 51.1 Å². The minimum Gasteiger partial charge on any atom is -0.487 e. The van der Waals surface area contributed by atoms with E-state index in [0.29, 0.717) is 42.1 Å². The maximum Gasteiger partial charge on any atom is 0.264 e. The van der Waals surface area contributed by atoms with Gasteiger partial charge in [0.15, 0.2) is 0 Å². The number of hydrogen-bond donors (Lipinski definition) is 1. The first-order chi connectivity index (χ1) is 21.0. The summed E-state index contributed by atoms with van der Waals surface area (Å²) in [5.74, 6) is 0.967. The lowest BCUT2D eigenvalue weighted by Crippen LogP contribution is -2.49. The maximum absolute atomic E-state index is 13.6. The van der Waals surface area contributed by atoms with Crippen molar-refractivity contribution >= 4 is 33.2 Å². The van der Waals surface area contributed by atoms with Gasteiger partial charge in [-0.15, -0.1) is 0 Å². The van der Waals surface area contributed by atoms with Gasteiger partial charge in [-0.05, 0) is 103 Å². The monoisotopic (exact) mass is 642 g/mol. The fourth-order valence-electron chi connectivity index (χ4n) is 7.57. The summed E-state index contributed by atoms with van der Waals surface area (Å²) in [7, 11) is -2.19. The summed E-state index contributed by atoms with van der Waals surface area (Å²) < 4.78 is 42.2. The van der Waals surface area contributed by atoms with E-state index in [-0.39, 0.29) is 17.9 Å². The van der Waals surface area contributed by atoms with E-state index in [1.165, 1.54) is 5.56 Å². The van der Waals surface area contributed by atoms with Gasteiger partial charge in [0.1, 0.15) is 12.4 Å². The van der Waals surface area contributed by atoms with Crippen molar-refractivity contribution in [2.75, 3.05) is 25.1 Å². The molecule has 1 N–H and O–H groups in total. The predicted molar refractivity (Wildman–Crippen MR) is 177 cm³/mol. The van der Waals surface area contributed by atoms with Crippen molar-refractivity contribution in [3.63, 3.8) is 0 Å². The van der Waals surface area contributed by atoms with E-state index in [4.69, 9.17) is 21.1 Å². The van der Waals surface area contributed by atoms with E-state index >= 15 is 0 Å². The molecule has 5 rings (SSSR count). The van der Waals surface area contributed by atoms with Crippen LogP contribution >= 0.6 is 11.6 Å². The van der Waals surface area contributed by atoms with Crippen LogP contribution in [0.2, 0.25) is 5.02 Å². The van der Waals surface area contributed by atoms with Crippen LogP contribution in [0.3, 0.4) is 0 Å². The summed E-state index contributed by atoms with van der Waals surface area (Å²) in [4.78, 5) is 15.9. The lowest BCUT2D eigenvalue weighted by atomic mass is 9.63. The van der Waals surface area contributed by atoms with E-state index in [9.17, 15) is 13.2 Å². The predicted octanol–water partition coefficient (Wildman–Crippen LogP) is 7.03. The van der Waals surface area contributed by atoms with Crippen molar-refractivity contribution in [3.05, 3.63) is 70.3 Å². The smallest absolute Gasteiger partial charge is 0.264 e. The van der Waals surface area contributed by atoms with Gasteiger partial charge in [-0.2, -0.15) is 0 Å². The highest BCUT2D eigenvalue weighted by Gasteiger charge is 2.43. The van der Waals surface area contributed by atoms with Gasteiger partial charge in [0, 0.05) is 30.8 Å². The molecule has 0 spiro atoms.